The number of halogens is 1. The second-order valence-corrected chi connectivity index (χ2v) is 3.30. The van der Waals surface area contributed by atoms with E-state index in [0.29, 0.717) is 0 Å². The normalized spacial score (nSPS) is 9.29. The predicted octanol–water partition coefficient (Wildman–Crippen LogP) is 0.769. The lowest BCUT2D eigenvalue weighted by Gasteiger charge is -1.77. The van der Waals surface area contributed by atoms with E-state index >= 15 is 0 Å². The summed E-state index contributed by atoms with van der Waals surface area (Å²) in [6.07, 6.45) is 0. The van der Waals surface area contributed by atoms with Gasteiger partial charge >= 0.3 is 0 Å². The Morgan fingerprint density at radius 2 is 2.43 bits per heavy atom. The van der Waals surface area contributed by atoms with Crippen LogP contribution < -0.4 is 4.78 Å². The maximum atomic E-state index is 3.38. The van der Waals surface area contributed by atoms with Crippen molar-refractivity contribution >= 4 is 39.9 Å². The third kappa shape index (κ3) is 1.07. The Bertz CT molecular complexity index is 144. The average molecular weight is 175 g/mol. The molecule has 0 aliphatic heterocycles. The average Bonchev–Trinajstić information content (AvgIpc) is 1.91. The van der Waals surface area contributed by atoms with Crippen LogP contribution in [0.2, 0.25) is 0 Å². The molecular weight excluding hydrogens is 171 g/mol. The molecular formula is C4H4BBrS. The number of rotatable bonds is 0. The van der Waals surface area contributed by atoms with Crippen LogP contribution in [0.25, 0.3) is 0 Å². The standard InChI is InChI=1S/C4H4BBrS/c5-4-3(6)1-2-7-4/h1-2H,5H2. The zero-order valence-electron chi connectivity index (χ0n) is 3.94. The van der Waals surface area contributed by atoms with Crippen LogP contribution in [0, 0.1) is 0 Å². The first-order chi connectivity index (χ1) is 3.30. The molecule has 0 atom stereocenters. The van der Waals surface area contributed by atoms with Gasteiger partial charge in [0.2, 0.25) is 0 Å². The third-order valence-electron chi connectivity index (χ3n) is 0.796. The van der Waals surface area contributed by atoms with E-state index in [1.807, 2.05) is 0 Å². The Balaban J connectivity index is 3.12. The summed E-state index contributed by atoms with van der Waals surface area (Å²) in [6.45, 7) is 0. The molecule has 0 saturated carbocycles. The van der Waals surface area contributed by atoms with E-state index in [2.05, 4.69) is 35.2 Å². The van der Waals surface area contributed by atoms with E-state index in [4.69, 9.17) is 0 Å². The highest BCUT2D eigenvalue weighted by Gasteiger charge is 1.89. The lowest BCUT2D eigenvalue weighted by Crippen LogP contribution is -1.92. The van der Waals surface area contributed by atoms with E-state index in [9.17, 15) is 0 Å². The first kappa shape index (κ1) is 5.38. The van der Waals surface area contributed by atoms with Crippen LogP contribution in [0.15, 0.2) is 15.9 Å². The van der Waals surface area contributed by atoms with Crippen molar-refractivity contribution in [2.75, 3.05) is 0 Å². The Hall–Kier alpha value is 0.245. The van der Waals surface area contributed by atoms with Gasteiger partial charge in [-0.2, -0.15) is 11.3 Å². The molecule has 0 aromatic carbocycles. The van der Waals surface area contributed by atoms with Gasteiger partial charge in [-0.05, 0) is 16.2 Å². The van der Waals surface area contributed by atoms with Crippen LogP contribution in [0.3, 0.4) is 0 Å². The highest BCUT2D eigenvalue weighted by molar-refractivity contribution is 9.10. The summed E-state index contributed by atoms with van der Waals surface area (Å²) < 4.78 is 2.57. The van der Waals surface area contributed by atoms with Gasteiger partial charge in [-0.15, -0.1) is 0 Å². The van der Waals surface area contributed by atoms with E-state index in [-0.39, 0.29) is 0 Å². The maximum absolute atomic E-state index is 3.38. The molecule has 1 rings (SSSR count). The Morgan fingerprint density at radius 1 is 1.71 bits per heavy atom. The molecule has 1 heterocycles. The molecule has 36 valence electrons. The van der Waals surface area contributed by atoms with Crippen molar-refractivity contribution in [2.24, 2.45) is 0 Å². The predicted molar refractivity (Wildman–Crippen MR) is 40.2 cm³/mol. The maximum Gasteiger partial charge on any atom is 0.154 e. The number of hydrogen-bond donors (Lipinski definition) is 0. The van der Waals surface area contributed by atoms with Crippen molar-refractivity contribution in [3.05, 3.63) is 15.9 Å². The van der Waals surface area contributed by atoms with Crippen molar-refractivity contribution in [2.45, 2.75) is 0 Å². The van der Waals surface area contributed by atoms with Gasteiger partial charge in [-0.3, -0.25) is 0 Å². The molecule has 0 saturated heterocycles. The lowest BCUT2D eigenvalue weighted by atomic mass is 10.1. The van der Waals surface area contributed by atoms with Gasteiger partial charge in [-0.1, -0.05) is 15.9 Å². The number of thiophene rings is 1. The topological polar surface area (TPSA) is 0 Å². The molecule has 0 bridgehead atoms. The van der Waals surface area contributed by atoms with Crippen LogP contribution in [0.5, 0.6) is 0 Å². The SMILES string of the molecule is Bc1sccc1Br. The van der Waals surface area contributed by atoms with Crippen molar-refractivity contribution in [3.63, 3.8) is 0 Å². The summed E-state index contributed by atoms with van der Waals surface area (Å²) in [6, 6.07) is 2.06. The smallest absolute Gasteiger partial charge is 0.154 e. The first-order valence-corrected chi connectivity index (χ1v) is 3.67. The summed E-state index contributed by atoms with van der Waals surface area (Å²) in [5.74, 6) is 0. The van der Waals surface area contributed by atoms with Gasteiger partial charge in [0.1, 0.15) is 0 Å². The van der Waals surface area contributed by atoms with Crippen molar-refractivity contribution in [1.29, 1.82) is 0 Å². The molecule has 7 heavy (non-hydrogen) atoms. The van der Waals surface area contributed by atoms with E-state index in [1.165, 1.54) is 9.25 Å². The van der Waals surface area contributed by atoms with E-state index in [0.717, 1.165) is 0 Å². The molecule has 0 aliphatic carbocycles. The Kier molecular flexibility index (Phi) is 1.55. The largest absolute Gasteiger partial charge is 0.159 e. The highest BCUT2D eigenvalue weighted by Crippen LogP contribution is 2.07. The van der Waals surface area contributed by atoms with Gasteiger partial charge in [0.25, 0.3) is 0 Å². The summed E-state index contributed by atoms with van der Waals surface area (Å²) in [5.41, 5.74) is 0. The van der Waals surface area contributed by atoms with Crippen LogP contribution >= 0.6 is 27.3 Å². The Morgan fingerprint density at radius 3 is 2.57 bits per heavy atom. The molecule has 3 heteroatoms. The van der Waals surface area contributed by atoms with Crippen molar-refractivity contribution < 1.29 is 0 Å². The molecule has 0 fully saturated rings. The minimum atomic E-state index is 1.22. The molecule has 0 spiro atoms. The lowest BCUT2D eigenvalue weighted by molar-refractivity contribution is 1.95. The van der Waals surface area contributed by atoms with Gasteiger partial charge in [0.15, 0.2) is 7.85 Å². The minimum Gasteiger partial charge on any atom is -0.159 e. The molecule has 1 aromatic heterocycles. The van der Waals surface area contributed by atoms with Gasteiger partial charge in [0, 0.05) is 4.47 Å². The second-order valence-electron chi connectivity index (χ2n) is 1.32. The molecule has 0 N–H and O–H groups in total. The quantitative estimate of drug-likeness (QED) is 0.510. The molecule has 0 nitrogen and oxygen atoms in total. The zero-order valence-corrected chi connectivity index (χ0v) is 6.34. The van der Waals surface area contributed by atoms with Gasteiger partial charge < -0.3 is 0 Å². The molecule has 0 aliphatic rings. The second kappa shape index (κ2) is 2.01. The van der Waals surface area contributed by atoms with Crippen LogP contribution in [-0.2, 0) is 0 Å². The Labute approximate surface area is 56.1 Å². The first-order valence-electron chi connectivity index (χ1n) is 2.00. The van der Waals surface area contributed by atoms with Crippen LogP contribution in [0.4, 0.5) is 0 Å². The van der Waals surface area contributed by atoms with Crippen LogP contribution in [0.1, 0.15) is 0 Å². The van der Waals surface area contributed by atoms with Gasteiger partial charge in [0.05, 0.1) is 0 Å². The fourth-order valence-corrected chi connectivity index (χ4v) is 1.55. The fourth-order valence-electron chi connectivity index (χ4n) is 0.369. The zero-order chi connectivity index (χ0) is 5.28. The molecule has 0 radical (unpaired) electrons. The fraction of sp³-hybridized carbons (Fsp3) is 0. The summed E-state index contributed by atoms with van der Waals surface area (Å²) >= 11 is 5.13. The monoisotopic (exact) mass is 174 g/mol. The van der Waals surface area contributed by atoms with E-state index in [1.54, 1.807) is 11.3 Å². The summed E-state index contributed by atoms with van der Waals surface area (Å²) in [7, 11) is 2.09. The highest BCUT2D eigenvalue weighted by atomic mass is 79.9. The minimum absolute atomic E-state index is 1.22. The molecule has 0 unspecified atom stereocenters. The molecule has 1 aromatic rings. The van der Waals surface area contributed by atoms with Crippen LogP contribution in [-0.4, -0.2) is 7.85 Å². The number of hydrogen-bond acceptors (Lipinski definition) is 1. The summed E-state index contributed by atoms with van der Waals surface area (Å²) in [4.78, 5) is 0. The molecule has 0 amide bonds. The van der Waals surface area contributed by atoms with Crippen molar-refractivity contribution in [1.82, 2.24) is 0 Å². The summed E-state index contributed by atoms with van der Waals surface area (Å²) in [5, 5.41) is 2.07. The van der Waals surface area contributed by atoms with Crippen molar-refractivity contribution in [3.8, 4) is 0 Å². The van der Waals surface area contributed by atoms with Gasteiger partial charge in [-0.25, -0.2) is 0 Å². The van der Waals surface area contributed by atoms with E-state index < -0.39 is 0 Å². The third-order valence-corrected chi connectivity index (χ3v) is 2.76.